The lowest BCUT2D eigenvalue weighted by atomic mass is 10.1. The number of quaternary nitrogens is 1. The van der Waals surface area contributed by atoms with Gasteiger partial charge in [0, 0.05) is 31.4 Å². The van der Waals surface area contributed by atoms with Crippen LogP contribution in [-0.2, 0) is 11.3 Å². The predicted octanol–water partition coefficient (Wildman–Crippen LogP) is 1.35. The van der Waals surface area contributed by atoms with Gasteiger partial charge < -0.3 is 14.7 Å². The van der Waals surface area contributed by atoms with Crippen molar-refractivity contribution in [2.24, 2.45) is 0 Å². The summed E-state index contributed by atoms with van der Waals surface area (Å²) in [6, 6.07) is 16.6. The van der Waals surface area contributed by atoms with Crippen molar-refractivity contribution >= 4 is 17.3 Å². The number of nitrogens with zero attached hydrogens (tertiary/aromatic N) is 3. The Morgan fingerprint density at radius 1 is 1.14 bits per heavy atom. The third kappa shape index (κ3) is 4.67. The minimum absolute atomic E-state index is 0.0901. The highest BCUT2D eigenvalue weighted by Crippen LogP contribution is 2.19. The highest BCUT2D eigenvalue weighted by atomic mass is 16.6. The van der Waals surface area contributed by atoms with Gasteiger partial charge in [-0.1, -0.05) is 30.3 Å². The number of nitrogens with one attached hydrogen (secondary N) is 1. The van der Waals surface area contributed by atoms with Gasteiger partial charge in [0.2, 0.25) is 0 Å². The number of piperazine rings is 1. The largest absolute Gasteiger partial charge is 0.360 e. The molecule has 7 nitrogen and oxygen atoms in total. The molecule has 7 heteroatoms. The summed E-state index contributed by atoms with van der Waals surface area (Å²) in [5.41, 5.74) is 2.22. The number of amides is 1. The van der Waals surface area contributed by atoms with Gasteiger partial charge in [0.1, 0.15) is 0 Å². The SMILES string of the molecule is C[C@H](C(=O)N(C)Cc1ccccc1)[NH+]1CCN(c2ccc([N+](=O)[O-])cc2)CC1. The summed E-state index contributed by atoms with van der Waals surface area (Å²) in [7, 11) is 1.86. The first kappa shape index (κ1) is 19.8. The van der Waals surface area contributed by atoms with Crippen LogP contribution >= 0.6 is 0 Å². The number of rotatable bonds is 6. The molecular formula is C21H27N4O3+. The molecule has 0 bridgehead atoms. The van der Waals surface area contributed by atoms with E-state index in [1.54, 1.807) is 29.2 Å². The van der Waals surface area contributed by atoms with Crippen LogP contribution in [0.2, 0.25) is 0 Å². The fraction of sp³-hybridized carbons (Fsp3) is 0.381. The molecule has 28 heavy (non-hydrogen) atoms. The summed E-state index contributed by atoms with van der Waals surface area (Å²) in [4.78, 5) is 28.5. The predicted molar refractivity (Wildman–Crippen MR) is 108 cm³/mol. The Morgan fingerprint density at radius 3 is 2.32 bits per heavy atom. The van der Waals surface area contributed by atoms with E-state index in [0.29, 0.717) is 6.54 Å². The van der Waals surface area contributed by atoms with Crippen LogP contribution in [0, 0.1) is 10.1 Å². The van der Waals surface area contributed by atoms with Gasteiger partial charge in [-0.05, 0) is 24.6 Å². The van der Waals surface area contributed by atoms with Crippen LogP contribution in [0.4, 0.5) is 11.4 Å². The van der Waals surface area contributed by atoms with Gasteiger partial charge in [-0.3, -0.25) is 14.9 Å². The molecule has 1 fully saturated rings. The van der Waals surface area contributed by atoms with Crippen LogP contribution in [0.1, 0.15) is 12.5 Å². The smallest absolute Gasteiger partial charge is 0.280 e. The lowest BCUT2D eigenvalue weighted by Gasteiger charge is -2.37. The van der Waals surface area contributed by atoms with Crippen LogP contribution in [-0.4, -0.2) is 55.0 Å². The van der Waals surface area contributed by atoms with Gasteiger partial charge in [0.15, 0.2) is 6.04 Å². The molecule has 0 aliphatic carbocycles. The molecule has 0 radical (unpaired) electrons. The van der Waals surface area contributed by atoms with E-state index in [9.17, 15) is 14.9 Å². The van der Waals surface area contributed by atoms with Crippen LogP contribution in [0.25, 0.3) is 0 Å². The van der Waals surface area contributed by atoms with Crippen molar-refractivity contribution in [3.63, 3.8) is 0 Å². The number of hydrogen-bond acceptors (Lipinski definition) is 4. The minimum atomic E-state index is -0.384. The maximum absolute atomic E-state index is 12.8. The van der Waals surface area contributed by atoms with E-state index in [4.69, 9.17) is 0 Å². The first-order chi connectivity index (χ1) is 13.5. The first-order valence-corrected chi connectivity index (χ1v) is 9.58. The third-order valence-electron chi connectivity index (χ3n) is 5.45. The Hall–Kier alpha value is -2.93. The Bertz CT molecular complexity index is 802. The van der Waals surface area contributed by atoms with Crippen molar-refractivity contribution < 1.29 is 14.6 Å². The van der Waals surface area contributed by atoms with Crippen molar-refractivity contribution in [1.82, 2.24) is 4.90 Å². The van der Waals surface area contributed by atoms with Gasteiger partial charge in [0.25, 0.3) is 11.6 Å². The number of non-ortho nitro benzene ring substituents is 1. The van der Waals surface area contributed by atoms with E-state index >= 15 is 0 Å². The quantitative estimate of drug-likeness (QED) is 0.604. The number of likely N-dealkylation sites (N-methyl/N-ethyl adjacent to an activating group) is 1. The fourth-order valence-electron chi connectivity index (χ4n) is 3.71. The number of carbonyl (C=O) groups is 1. The molecule has 1 heterocycles. The average Bonchev–Trinajstić information content (AvgIpc) is 2.73. The number of anilines is 1. The maximum atomic E-state index is 12.8. The van der Waals surface area contributed by atoms with Gasteiger partial charge >= 0.3 is 0 Å². The molecule has 2 aromatic carbocycles. The lowest BCUT2D eigenvalue weighted by Crippen LogP contribution is -3.19. The standard InChI is InChI=1S/C21H26N4O3/c1-17(21(26)22(2)16-18-6-4-3-5-7-18)23-12-14-24(15-13-23)19-8-10-20(11-9-19)25(27)28/h3-11,17H,12-16H2,1-2H3/p+1/t17-/m1/s1. The Morgan fingerprint density at radius 2 is 1.75 bits per heavy atom. The topological polar surface area (TPSA) is 71.1 Å². The Kier molecular flexibility index (Phi) is 6.26. The van der Waals surface area contributed by atoms with E-state index in [1.165, 1.54) is 4.90 Å². The van der Waals surface area contributed by atoms with Crippen LogP contribution < -0.4 is 9.80 Å². The summed E-state index contributed by atoms with van der Waals surface area (Å²) in [6.45, 7) is 6.00. The normalized spacial score (nSPS) is 15.9. The monoisotopic (exact) mass is 383 g/mol. The van der Waals surface area contributed by atoms with Crippen LogP contribution in [0.15, 0.2) is 54.6 Å². The molecule has 1 aliphatic rings. The Balaban J connectivity index is 1.53. The van der Waals surface area contributed by atoms with Crippen molar-refractivity contribution in [3.8, 4) is 0 Å². The fourth-order valence-corrected chi connectivity index (χ4v) is 3.71. The van der Waals surface area contributed by atoms with Crippen molar-refractivity contribution in [2.75, 3.05) is 38.1 Å². The van der Waals surface area contributed by atoms with Gasteiger partial charge in [-0.15, -0.1) is 0 Å². The van der Waals surface area contributed by atoms with Crippen molar-refractivity contribution in [2.45, 2.75) is 19.5 Å². The maximum Gasteiger partial charge on any atom is 0.280 e. The molecule has 3 rings (SSSR count). The molecule has 1 aliphatic heterocycles. The molecule has 0 spiro atoms. The molecule has 1 N–H and O–H groups in total. The summed E-state index contributed by atoms with van der Waals surface area (Å²) in [5, 5.41) is 10.8. The molecular weight excluding hydrogens is 356 g/mol. The highest BCUT2D eigenvalue weighted by molar-refractivity contribution is 5.79. The zero-order chi connectivity index (χ0) is 20.1. The lowest BCUT2D eigenvalue weighted by molar-refractivity contribution is -0.915. The van der Waals surface area contributed by atoms with Gasteiger partial charge in [-0.25, -0.2) is 0 Å². The molecule has 1 atom stereocenters. The second kappa shape index (κ2) is 8.84. The average molecular weight is 383 g/mol. The van der Waals surface area contributed by atoms with Crippen LogP contribution in [0.3, 0.4) is 0 Å². The van der Waals surface area contributed by atoms with E-state index in [2.05, 4.69) is 4.90 Å². The van der Waals surface area contributed by atoms with Crippen molar-refractivity contribution in [3.05, 3.63) is 70.3 Å². The zero-order valence-corrected chi connectivity index (χ0v) is 16.4. The molecule has 148 valence electrons. The molecule has 0 aromatic heterocycles. The summed E-state index contributed by atoms with van der Waals surface area (Å²) >= 11 is 0. The number of benzene rings is 2. The van der Waals surface area contributed by atoms with E-state index < -0.39 is 0 Å². The van der Waals surface area contributed by atoms with E-state index in [1.807, 2.05) is 44.3 Å². The number of carbonyl (C=O) groups excluding carboxylic acids is 1. The van der Waals surface area contributed by atoms with Gasteiger partial charge in [-0.2, -0.15) is 0 Å². The van der Waals surface area contributed by atoms with E-state index in [0.717, 1.165) is 37.4 Å². The zero-order valence-electron chi connectivity index (χ0n) is 16.4. The minimum Gasteiger partial charge on any atom is -0.360 e. The molecule has 0 unspecified atom stereocenters. The van der Waals surface area contributed by atoms with Crippen molar-refractivity contribution in [1.29, 1.82) is 0 Å². The molecule has 2 aromatic rings. The summed E-state index contributed by atoms with van der Waals surface area (Å²) < 4.78 is 0. The second-order valence-corrected chi connectivity index (χ2v) is 7.32. The first-order valence-electron chi connectivity index (χ1n) is 9.58. The van der Waals surface area contributed by atoms with E-state index in [-0.39, 0.29) is 22.6 Å². The number of nitro benzene ring substituents is 1. The summed E-state index contributed by atoms with van der Waals surface area (Å²) in [5.74, 6) is 0.155. The Labute approximate surface area is 165 Å². The van der Waals surface area contributed by atoms with Crippen LogP contribution in [0.5, 0.6) is 0 Å². The second-order valence-electron chi connectivity index (χ2n) is 7.32. The highest BCUT2D eigenvalue weighted by Gasteiger charge is 2.31. The third-order valence-corrected chi connectivity index (χ3v) is 5.45. The molecule has 1 amide bonds. The molecule has 0 saturated carbocycles. The number of nitro groups is 1. The molecule has 1 saturated heterocycles. The number of hydrogen-bond donors (Lipinski definition) is 1. The summed E-state index contributed by atoms with van der Waals surface area (Å²) in [6.07, 6.45) is 0. The van der Waals surface area contributed by atoms with Gasteiger partial charge in [0.05, 0.1) is 31.1 Å².